The fourth-order valence-electron chi connectivity index (χ4n) is 3.35. The average molecular weight is 566 g/mol. The molecule has 36 heavy (non-hydrogen) atoms. The van der Waals surface area contributed by atoms with Crippen molar-refractivity contribution < 1.29 is 72.4 Å². The number of phosphoric ester groups is 2. The van der Waals surface area contributed by atoms with E-state index in [1.54, 1.807) is 0 Å². The number of hydrogen-bond donors (Lipinski definition) is 9. The molecule has 2 saturated heterocycles. The minimum absolute atomic E-state index is 0.723. The minimum atomic E-state index is -5.59. The molecule has 0 bridgehead atoms. The summed E-state index contributed by atoms with van der Waals surface area (Å²) in [6.07, 6.45) is -15.4. The summed E-state index contributed by atoms with van der Waals surface area (Å²) in [5, 5.41) is 58.6. The van der Waals surface area contributed by atoms with E-state index in [-0.39, 0.29) is 0 Å². The summed E-state index contributed by atoms with van der Waals surface area (Å²) in [6.45, 7) is -1.93. The molecule has 9 N–H and O–H groups in total. The summed E-state index contributed by atoms with van der Waals surface area (Å²) < 4.78 is 48.1. The van der Waals surface area contributed by atoms with E-state index in [0.29, 0.717) is 0 Å². The van der Waals surface area contributed by atoms with Gasteiger partial charge in [-0.25, -0.2) is 13.9 Å². The van der Waals surface area contributed by atoms with E-state index in [2.05, 4.69) is 13.4 Å². The molecule has 0 amide bonds. The first-order chi connectivity index (χ1) is 16.7. The van der Waals surface area contributed by atoms with Gasteiger partial charge in [-0.3, -0.25) is 23.4 Å². The number of aromatic amines is 1. The van der Waals surface area contributed by atoms with E-state index in [1.165, 1.54) is 0 Å². The molecule has 19 nitrogen and oxygen atoms in total. The van der Waals surface area contributed by atoms with Crippen LogP contribution in [0.4, 0.5) is 0 Å². The first-order valence-electron chi connectivity index (χ1n) is 9.99. The second kappa shape index (κ2) is 11.2. The summed E-state index contributed by atoms with van der Waals surface area (Å²) in [5.74, 6) is 0. The van der Waals surface area contributed by atoms with E-state index in [1.807, 2.05) is 4.98 Å². The molecule has 11 atom stereocenters. The van der Waals surface area contributed by atoms with Gasteiger partial charge in [-0.05, 0) is 0 Å². The van der Waals surface area contributed by atoms with Crippen molar-refractivity contribution in [2.24, 2.45) is 0 Å². The van der Waals surface area contributed by atoms with Crippen molar-refractivity contribution >= 4 is 15.6 Å². The Balaban J connectivity index is 1.61. The van der Waals surface area contributed by atoms with Crippen LogP contribution in [0.25, 0.3) is 0 Å². The Morgan fingerprint density at radius 3 is 2.17 bits per heavy atom. The lowest BCUT2D eigenvalue weighted by atomic mass is 10.00. The minimum Gasteiger partial charge on any atom is -0.394 e. The monoisotopic (exact) mass is 566 g/mol. The number of aromatic nitrogens is 2. The van der Waals surface area contributed by atoms with E-state index in [4.69, 9.17) is 14.6 Å². The standard InChI is InChI=1S/C15H24N2O17P2/c18-3-5-8(20)10(22)12(24)14(32-5)33-36(28,29)34-35(26,27)30-4-6-9(21)11(23)13(31-6)17-2-1-7(19)16-15(17)25/h1-2,5-6,8-14,18,20-24H,3-4H2,(H,26,27)(H,28,29)(H,16,19,25)/t5?,6?,8?,9?,10-,11?,12+,13?,14-/m1/s1. The maximum atomic E-state index is 12.2. The maximum Gasteiger partial charge on any atom is 0.483 e. The molecular weight excluding hydrogens is 542 g/mol. The van der Waals surface area contributed by atoms with Crippen LogP contribution >= 0.6 is 15.6 Å². The number of hydrogen-bond acceptors (Lipinski definition) is 15. The highest BCUT2D eigenvalue weighted by molar-refractivity contribution is 7.61. The summed E-state index contributed by atoms with van der Waals surface area (Å²) in [5.41, 5.74) is -1.75. The Morgan fingerprint density at radius 1 is 0.917 bits per heavy atom. The summed E-state index contributed by atoms with van der Waals surface area (Å²) in [7, 11) is -11.1. The van der Waals surface area contributed by atoms with Gasteiger partial charge in [0.15, 0.2) is 12.5 Å². The Hall–Kier alpha value is -1.38. The van der Waals surface area contributed by atoms with Gasteiger partial charge in [-0.1, -0.05) is 0 Å². The zero-order valence-electron chi connectivity index (χ0n) is 17.9. The van der Waals surface area contributed by atoms with Crippen LogP contribution in [0.1, 0.15) is 6.23 Å². The molecule has 3 heterocycles. The van der Waals surface area contributed by atoms with Gasteiger partial charge in [-0.15, -0.1) is 0 Å². The zero-order chi connectivity index (χ0) is 27.0. The van der Waals surface area contributed by atoms with Gasteiger partial charge in [0.05, 0.1) is 13.2 Å². The van der Waals surface area contributed by atoms with Crippen molar-refractivity contribution in [3.8, 4) is 0 Å². The Kier molecular flexibility index (Phi) is 9.05. The van der Waals surface area contributed by atoms with Gasteiger partial charge in [0.25, 0.3) is 5.56 Å². The molecule has 0 saturated carbocycles. The molecule has 1 aromatic heterocycles. The Bertz CT molecular complexity index is 1120. The van der Waals surface area contributed by atoms with Crippen LogP contribution in [0.3, 0.4) is 0 Å². The largest absolute Gasteiger partial charge is 0.483 e. The molecule has 2 fully saturated rings. The Morgan fingerprint density at radius 2 is 1.56 bits per heavy atom. The number of rotatable bonds is 9. The highest BCUT2D eigenvalue weighted by Crippen LogP contribution is 2.61. The highest BCUT2D eigenvalue weighted by Gasteiger charge is 2.49. The predicted octanol–water partition coefficient (Wildman–Crippen LogP) is -4.79. The van der Waals surface area contributed by atoms with Crippen LogP contribution in [0.5, 0.6) is 0 Å². The normalized spacial score (nSPS) is 38.4. The second-order valence-electron chi connectivity index (χ2n) is 7.68. The van der Waals surface area contributed by atoms with Crippen molar-refractivity contribution in [2.75, 3.05) is 13.2 Å². The number of aliphatic hydroxyl groups excluding tert-OH is 6. The third-order valence-corrected chi connectivity index (χ3v) is 7.76. The van der Waals surface area contributed by atoms with Crippen LogP contribution in [0, 0.1) is 0 Å². The van der Waals surface area contributed by atoms with Gasteiger partial charge >= 0.3 is 21.3 Å². The average Bonchev–Trinajstić information content (AvgIpc) is 3.06. The van der Waals surface area contributed by atoms with Gasteiger partial charge in [0.1, 0.15) is 42.7 Å². The summed E-state index contributed by atoms with van der Waals surface area (Å²) >= 11 is 0. The smallest absolute Gasteiger partial charge is 0.394 e. The van der Waals surface area contributed by atoms with Gasteiger partial charge in [0.2, 0.25) is 0 Å². The van der Waals surface area contributed by atoms with Gasteiger partial charge in [0, 0.05) is 12.3 Å². The van der Waals surface area contributed by atoms with E-state index < -0.39 is 95.4 Å². The number of ether oxygens (including phenoxy) is 2. The molecule has 2 aliphatic rings. The van der Waals surface area contributed by atoms with Crippen LogP contribution in [-0.4, -0.2) is 112 Å². The summed E-state index contributed by atoms with van der Waals surface area (Å²) in [4.78, 5) is 44.5. The molecule has 3 rings (SSSR count). The molecule has 0 radical (unpaired) electrons. The van der Waals surface area contributed by atoms with E-state index in [0.717, 1.165) is 16.8 Å². The zero-order valence-corrected chi connectivity index (χ0v) is 19.6. The molecular formula is C15H24N2O17P2. The van der Waals surface area contributed by atoms with E-state index >= 15 is 0 Å². The molecule has 0 spiro atoms. The second-order valence-corrected chi connectivity index (χ2v) is 10.7. The fraction of sp³-hybridized carbons (Fsp3) is 0.733. The van der Waals surface area contributed by atoms with Gasteiger partial charge < -0.3 is 49.9 Å². The van der Waals surface area contributed by atoms with Crippen molar-refractivity contribution in [1.82, 2.24) is 9.55 Å². The number of nitrogens with one attached hydrogen (secondary N) is 1. The number of phosphoric acid groups is 2. The van der Waals surface area contributed by atoms with Gasteiger partial charge in [-0.2, -0.15) is 4.31 Å². The maximum absolute atomic E-state index is 12.2. The predicted molar refractivity (Wildman–Crippen MR) is 109 cm³/mol. The lowest BCUT2D eigenvalue weighted by Crippen LogP contribution is -2.58. The molecule has 8 unspecified atom stereocenters. The van der Waals surface area contributed by atoms with Crippen LogP contribution in [0.2, 0.25) is 0 Å². The molecule has 0 aromatic carbocycles. The van der Waals surface area contributed by atoms with Crippen molar-refractivity contribution in [3.05, 3.63) is 33.1 Å². The van der Waals surface area contributed by atoms with Crippen molar-refractivity contribution in [2.45, 2.75) is 55.2 Å². The summed E-state index contributed by atoms with van der Waals surface area (Å²) in [6, 6.07) is 0.928. The van der Waals surface area contributed by atoms with Crippen molar-refractivity contribution in [1.29, 1.82) is 0 Å². The first-order valence-corrected chi connectivity index (χ1v) is 13.0. The Labute approximate surface area is 199 Å². The fourth-order valence-corrected chi connectivity index (χ4v) is 5.51. The third kappa shape index (κ3) is 6.54. The molecule has 21 heteroatoms. The number of aliphatic hydroxyl groups is 6. The highest BCUT2D eigenvalue weighted by atomic mass is 31.3. The molecule has 0 aliphatic carbocycles. The SMILES string of the molecule is O=c1ccn(C2OC(COP(=O)(O)OP(=O)(O)O[C@H]3OC(CO)C(O)[C@@H](O)[C@@H]3O)C(O)C2O)c(=O)[nH]1. The van der Waals surface area contributed by atoms with Crippen LogP contribution in [-0.2, 0) is 32.0 Å². The topological polar surface area (TPSA) is 297 Å². The number of H-pyrrole nitrogens is 1. The lowest BCUT2D eigenvalue weighted by Gasteiger charge is -2.39. The lowest BCUT2D eigenvalue weighted by molar-refractivity contribution is -0.280. The number of nitrogens with zero attached hydrogens (tertiary/aromatic N) is 1. The third-order valence-electron chi connectivity index (χ3n) is 5.16. The molecule has 2 aliphatic heterocycles. The molecule has 1 aromatic rings. The van der Waals surface area contributed by atoms with Crippen LogP contribution < -0.4 is 11.2 Å². The van der Waals surface area contributed by atoms with E-state index in [9.17, 15) is 54.0 Å². The van der Waals surface area contributed by atoms with Crippen molar-refractivity contribution in [3.63, 3.8) is 0 Å². The molecule has 206 valence electrons. The quantitative estimate of drug-likeness (QED) is 0.127. The first kappa shape index (κ1) is 29.2. The van der Waals surface area contributed by atoms with Crippen LogP contribution in [0.15, 0.2) is 21.9 Å².